The number of benzene rings is 1. The topological polar surface area (TPSA) is 29.4 Å². The number of hydrogen-bond donors (Lipinski definition) is 0. The Morgan fingerprint density at radius 1 is 1.56 bits per heavy atom. The Morgan fingerprint density at radius 2 is 2.31 bits per heavy atom. The third kappa shape index (κ3) is 1.97. The first-order valence-corrected chi connectivity index (χ1v) is 5.25. The van der Waals surface area contributed by atoms with E-state index in [0.717, 1.165) is 12.3 Å². The van der Waals surface area contributed by atoms with Crippen LogP contribution in [-0.4, -0.2) is 24.0 Å². The molecule has 1 unspecified atom stereocenters. The first-order valence-electron chi connectivity index (χ1n) is 4.71. The molecule has 0 aliphatic carbocycles. The highest BCUT2D eigenvalue weighted by molar-refractivity contribution is 6.30. The summed E-state index contributed by atoms with van der Waals surface area (Å²) >= 11 is 5.38. The molecule has 0 saturated heterocycles. The van der Waals surface area contributed by atoms with Crippen LogP contribution in [0.3, 0.4) is 0 Å². The summed E-state index contributed by atoms with van der Waals surface area (Å²) in [6.45, 7) is 0. The van der Waals surface area contributed by atoms with Crippen LogP contribution in [0.5, 0.6) is 0 Å². The van der Waals surface area contributed by atoms with E-state index in [1.54, 1.807) is 0 Å². The highest BCUT2D eigenvalue weighted by atomic mass is 35.5. The maximum atomic E-state index is 13.5. The molecular weight excluding hydrogens is 236 g/mol. The van der Waals surface area contributed by atoms with Crippen LogP contribution < -0.4 is 0 Å². The molecular formula is C11H8ClF2NO. The fourth-order valence-electron chi connectivity index (χ4n) is 1.61. The van der Waals surface area contributed by atoms with Crippen molar-refractivity contribution >= 4 is 29.3 Å². The van der Waals surface area contributed by atoms with E-state index in [1.807, 2.05) is 0 Å². The number of carbonyl (C=O) groups excluding carboxylic acids is 1. The van der Waals surface area contributed by atoms with Gasteiger partial charge in [0.2, 0.25) is 0 Å². The summed E-state index contributed by atoms with van der Waals surface area (Å²) in [7, 11) is 0. The van der Waals surface area contributed by atoms with Crippen molar-refractivity contribution in [2.45, 2.75) is 12.6 Å². The van der Waals surface area contributed by atoms with Crippen LogP contribution in [0.15, 0.2) is 17.1 Å². The number of carbonyl (C=O) groups is 1. The molecule has 0 N–H and O–H groups in total. The summed E-state index contributed by atoms with van der Waals surface area (Å²) in [5, 5.41) is 0. The third-order valence-electron chi connectivity index (χ3n) is 2.37. The lowest BCUT2D eigenvalue weighted by atomic mass is 9.99. The van der Waals surface area contributed by atoms with E-state index in [1.165, 1.54) is 6.07 Å². The van der Waals surface area contributed by atoms with Gasteiger partial charge < -0.3 is 0 Å². The van der Waals surface area contributed by atoms with Gasteiger partial charge in [0.15, 0.2) is 5.78 Å². The summed E-state index contributed by atoms with van der Waals surface area (Å²) in [4.78, 5) is 15.0. The maximum absolute atomic E-state index is 13.5. The Balaban J connectivity index is 2.49. The molecule has 16 heavy (non-hydrogen) atoms. The van der Waals surface area contributed by atoms with Gasteiger partial charge in [-0.25, -0.2) is 8.78 Å². The first kappa shape index (κ1) is 11.2. The van der Waals surface area contributed by atoms with Crippen molar-refractivity contribution in [2.24, 2.45) is 4.99 Å². The number of hydrogen-bond acceptors (Lipinski definition) is 2. The van der Waals surface area contributed by atoms with Crippen molar-refractivity contribution in [3.05, 3.63) is 29.1 Å². The SMILES string of the molecule is O=C(CCl)c1cc(F)c2c(c1)CC(F)C=N2. The quantitative estimate of drug-likeness (QED) is 0.580. The van der Waals surface area contributed by atoms with Crippen molar-refractivity contribution in [3.8, 4) is 0 Å². The zero-order valence-electron chi connectivity index (χ0n) is 8.21. The lowest BCUT2D eigenvalue weighted by Gasteiger charge is -2.14. The third-order valence-corrected chi connectivity index (χ3v) is 2.61. The molecule has 1 aromatic rings. The zero-order chi connectivity index (χ0) is 11.7. The van der Waals surface area contributed by atoms with Gasteiger partial charge in [0.1, 0.15) is 17.7 Å². The highest BCUT2D eigenvalue weighted by Gasteiger charge is 2.19. The van der Waals surface area contributed by atoms with Gasteiger partial charge in [-0.3, -0.25) is 9.79 Å². The van der Waals surface area contributed by atoms with Crippen molar-refractivity contribution in [2.75, 3.05) is 5.88 Å². The van der Waals surface area contributed by atoms with Gasteiger partial charge in [0.25, 0.3) is 0 Å². The number of aliphatic imine (C=N–C) groups is 1. The van der Waals surface area contributed by atoms with Crippen molar-refractivity contribution in [1.29, 1.82) is 0 Å². The Kier molecular flexibility index (Phi) is 3.01. The second kappa shape index (κ2) is 4.29. The smallest absolute Gasteiger partial charge is 0.177 e. The van der Waals surface area contributed by atoms with E-state index in [0.29, 0.717) is 5.56 Å². The summed E-state index contributed by atoms with van der Waals surface area (Å²) in [6.07, 6.45) is -0.124. The molecule has 1 atom stereocenters. The largest absolute Gasteiger partial charge is 0.293 e. The number of fused-ring (bicyclic) bond motifs is 1. The van der Waals surface area contributed by atoms with Gasteiger partial charge >= 0.3 is 0 Å². The van der Waals surface area contributed by atoms with E-state index < -0.39 is 12.0 Å². The number of ketones is 1. The Morgan fingerprint density at radius 3 is 3.00 bits per heavy atom. The first-order chi connectivity index (χ1) is 7.61. The lowest BCUT2D eigenvalue weighted by Crippen LogP contribution is -2.12. The fourth-order valence-corrected chi connectivity index (χ4v) is 1.77. The van der Waals surface area contributed by atoms with Crippen LogP contribution in [0.1, 0.15) is 15.9 Å². The van der Waals surface area contributed by atoms with E-state index in [-0.39, 0.29) is 29.3 Å². The van der Waals surface area contributed by atoms with Crippen LogP contribution in [-0.2, 0) is 6.42 Å². The normalized spacial score (nSPS) is 18.3. The zero-order valence-corrected chi connectivity index (χ0v) is 8.97. The van der Waals surface area contributed by atoms with Crippen LogP contribution in [0.2, 0.25) is 0 Å². The fraction of sp³-hybridized carbons (Fsp3) is 0.273. The number of rotatable bonds is 2. The summed E-state index contributed by atoms with van der Waals surface area (Å²) in [6, 6.07) is 2.53. The van der Waals surface area contributed by atoms with Gasteiger partial charge in [-0.15, -0.1) is 11.6 Å². The standard InChI is InChI=1S/C11H8ClF2NO/c12-4-10(16)6-1-7-2-8(13)5-15-11(7)9(14)3-6/h1,3,5,8H,2,4H2. The monoisotopic (exact) mass is 243 g/mol. The average molecular weight is 244 g/mol. The molecule has 1 aromatic carbocycles. The summed E-state index contributed by atoms with van der Waals surface area (Å²) < 4.78 is 26.6. The van der Waals surface area contributed by atoms with Crippen molar-refractivity contribution in [3.63, 3.8) is 0 Å². The minimum Gasteiger partial charge on any atom is -0.293 e. The van der Waals surface area contributed by atoms with Crippen LogP contribution >= 0.6 is 11.6 Å². The molecule has 5 heteroatoms. The van der Waals surface area contributed by atoms with Gasteiger partial charge in [0.05, 0.1) is 5.88 Å². The van der Waals surface area contributed by atoms with Crippen LogP contribution in [0.4, 0.5) is 14.5 Å². The molecule has 84 valence electrons. The Labute approximate surface area is 95.9 Å². The van der Waals surface area contributed by atoms with E-state index >= 15 is 0 Å². The Bertz CT molecular complexity index is 473. The van der Waals surface area contributed by atoms with Gasteiger partial charge in [-0.2, -0.15) is 0 Å². The molecule has 0 fully saturated rings. The minimum atomic E-state index is -1.23. The van der Waals surface area contributed by atoms with Gasteiger partial charge in [0, 0.05) is 18.2 Å². The van der Waals surface area contributed by atoms with Crippen LogP contribution in [0.25, 0.3) is 0 Å². The second-order valence-corrected chi connectivity index (χ2v) is 3.79. The molecule has 0 aromatic heterocycles. The number of alkyl halides is 2. The van der Waals surface area contributed by atoms with Crippen LogP contribution in [0, 0.1) is 5.82 Å². The molecule has 1 aliphatic rings. The number of halogens is 3. The second-order valence-electron chi connectivity index (χ2n) is 3.52. The number of nitrogens with zero attached hydrogens (tertiary/aromatic N) is 1. The molecule has 2 nitrogen and oxygen atoms in total. The maximum Gasteiger partial charge on any atom is 0.177 e. The molecule has 0 amide bonds. The van der Waals surface area contributed by atoms with Crippen molar-refractivity contribution < 1.29 is 13.6 Å². The van der Waals surface area contributed by atoms with E-state index in [4.69, 9.17) is 11.6 Å². The highest BCUT2D eigenvalue weighted by Crippen LogP contribution is 2.29. The molecule has 2 rings (SSSR count). The molecule has 1 heterocycles. The lowest BCUT2D eigenvalue weighted by molar-refractivity contribution is 0.102. The minimum absolute atomic E-state index is 0.0408. The molecule has 0 spiro atoms. The van der Waals surface area contributed by atoms with E-state index in [2.05, 4.69) is 4.99 Å². The number of Topliss-reactive ketones (excluding diaryl/α,β-unsaturated/α-hetero) is 1. The van der Waals surface area contributed by atoms with Gasteiger partial charge in [-0.1, -0.05) is 0 Å². The summed E-state index contributed by atoms with van der Waals surface area (Å²) in [5.41, 5.74) is 0.680. The Hall–Kier alpha value is -1.29. The average Bonchev–Trinajstić information content (AvgIpc) is 2.27. The molecule has 0 radical (unpaired) electrons. The predicted molar refractivity (Wildman–Crippen MR) is 58.2 cm³/mol. The van der Waals surface area contributed by atoms with Gasteiger partial charge in [-0.05, 0) is 17.7 Å². The molecule has 1 aliphatic heterocycles. The summed E-state index contributed by atoms with van der Waals surface area (Å²) in [5.74, 6) is -1.22. The van der Waals surface area contributed by atoms with Crippen molar-refractivity contribution in [1.82, 2.24) is 0 Å². The molecule has 0 bridgehead atoms. The van der Waals surface area contributed by atoms with E-state index in [9.17, 15) is 13.6 Å². The predicted octanol–water partition coefficient (Wildman–Crippen LogP) is 2.84. The molecule has 0 saturated carbocycles.